The van der Waals surface area contributed by atoms with Gasteiger partial charge in [0.15, 0.2) is 17.3 Å². The number of ether oxygens (including phenoxy) is 1. The minimum atomic E-state index is -4.65. The molecule has 0 aliphatic carbocycles. The lowest BCUT2D eigenvalue weighted by Crippen LogP contribution is -2.55. The van der Waals surface area contributed by atoms with Crippen LogP contribution >= 0.6 is 0 Å². The molecule has 3 aromatic rings. The number of nitrogens with one attached hydrogen (secondary N) is 1. The smallest absolute Gasteiger partial charge is 0.437 e. The average Bonchev–Trinajstić information content (AvgIpc) is 3.28. The van der Waals surface area contributed by atoms with Crippen molar-refractivity contribution in [2.45, 2.75) is 49.7 Å². The summed E-state index contributed by atoms with van der Waals surface area (Å²) >= 11 is 0. The normalized spacial score (nSPS) is 23.5. The van der Waals surface area contributed by atoms with Crippen LogP contribution in [0.15, 0.2) is 36.7 Å². The topological polar surface area (TPSA) is 96.3 Å². The van der Waals surface area contributed by atoms with Crippen LogP contribution in [0.2, 0.25) is 0 Å². The summed E-state index contributed by atoms with van der Waals surface area (Å²) in [6.45, 7) is 0. The van der Waals surface area contributed by atoms with Gasteiger partial charge in [-0.3, -0.25) is 0 Å². The molecule has 12 heteroatoms. The van der Waals surface area contributed by atoms with Crippen molar-refractivity contribution in [3.05, 3.63) is 42.4 Å². The Bertz CT molecular complexity index is 1260. The summed E-state index contributed by atoms with van der Waals surface area (Å²) < 4.78 is 59.0. The van der Waals surface area contributed by atoms with E-state index in [2.05, 4.69) is 25.5 Å². The van der Waals surface area contributed by atoms with Crippen molar-refractivity contribution in [3.63, 3.8) is 0 Å². The van der Waals surface area contributed by atoms with Crippen molar-refractivity contribution >= 4 is 5.82 Å². The third-order valence-electron chi connectivity index (χ3n) is 6.88. The van der Waals surface area contributed by atoms with Gasteiger partial charge in [0.25, 0.3) is 0 Å². The van der Waals surface area contributed by atoms with E-state index in [4.69, 9.17) is 4.74 Å². The number of methoxy groups -OCH3 is 1. The summed E-state index contributed by atoms with van der Waals surface area (Å²) in [6, 6.07) is 5.54. The van der Waals surface area contributed by atoms with E-state index < -0.39 is 23.8 Å². The van der Waals surface area contributed by atoms with Crippen LogP contribution in [0.5, 0.6) is 11.5 Å². The highest BCUT2D eigenvalue weighted by atomic mass is 19.4. The molecule has 4 heterocycles. The van der Waals surface area contributed by atoms with Crippen LogP contribution in [0.3, 0.4) is 0 Å². The lowest BCUT2D eigenvalue weighted by molar-refractivity contribution is -0.142. The number of hydrogen-bond acceptors (Lipinski definition) is 8. The highest BCUT2D eigenvalue weighted by molar-refractivity contribution is 5.73. The molecule has 1 aromatic carbocycles. The van der Waals surface area contributed by atoms with E-state index in [1.165, 1.54) is 24.4 Å². The van der Waals surface area contributed by atoms with Gasteiger partial charge in [-0.2, -0.15) is 13.2 Å². The van der Waals surface area contributed by atoms with Crippen molar-refractivity contribution in [2.24, 2.45) is 0 Å². The third kappa shape index (κ3) is 4.41. The Kier molecular flexibility index (Phi) is 6.15. The van der Waals surface area contributed by atoms with E-state index in [1.807, 2.05) is 0 Å². The molecule has 0 amide bonds. The number of aromatic hydroxyl groups is 1. The van der Waals surface area contributed by atoms with Gasteiger partial charge in [-0.15, -0.1) is 10.2 Å². The largest absolute Gasteiger partial charge is 0.507 e. The van der Waals surface area contributed by atoms with Gasteiger partial charge in [0.2, 0.25) is 0 Å². The Morgan fingerprint density at radius 3 is 2.56 bits per heavy atom. The molecule has 2 fully saturated rings. The van der Waals surface area contributed by atoms with Crippen LogP contribution in [0.1, 0.15) is 25.0 Å². The fourth-order valence-corrected chi connectivity index (χ4v) is 4.94. The number of hydrogen-bond donors (Lipinski definition) is 2. The number of fused-ring (bicyclic) bond motifs is 2. The Morgan fingerprint density at radius 1 is 1.08 bits per heavy atom. The molecule has 4 atom stereocenters. The number of nitrogens with zero attached hydrogens (tertiary/aromatic N) is 5. The molecule has 190 valence electrons. The number of phenols is 1. The minimum Gasteiger partial charge on any atom is -0.507 e. The SMILES string of the molecule is COc1cc(-c2ccc(-c3ncc(N(C)[C@@H]4C[C@H]5CC[C@@H](N5)[C@@H]4F)nn3)c(O)c2)cnc1C(F)(F)F. The highest BCUT2D eigenvalue weighted by Crippen LogP contribution is 2.38. The number of pyridine rings is 1. The summed E-state index contributed by atoms with van der Waals surface area (Å²) in [6.07, 6.45) is -0.676. The third-order valence-corrected chi connectivity index (χ3v) is 6.88. The highest BCUT2D eigenvalue weighted by Gasteiger charge is 2.44. The zero-order valence-electron chi connectivity index (χ0n) is 19.5. The van der Waals surface area contributed by atoms with Gasteiger partial charge in [0.1, 0.15) is 17.7 Å². The van der Waals surface area contributed by atoms with Crippen LogP contribution in [0, 0.1) is 0 Å². The maximum absolute atomic E-state index is 14.9. The van der Waals surface area contributed by atoms with Gasteiger partial charge in [-0.25, -0.2) is 14.4 Å². The number of phenolic OH excluding ortho intramolecular Hbond substituents is 1. The molecule has 0 spiro atoms. The van der Waals surface area contributed by atoms with Gasteiger partial charge in [-0.05, 0) is 43.0 Å². The number of halogens is 4. The zero-order chi connectivity index (χ0) is 25.6. The molecule has 5 rings (SSSR count). The number of rotatable bonds is 5. The lowest BCUT2D eigenvalue weighted by Gasteiger charge is -2.38. The van der Waals surface area contributed by atoms with Crippen LogP contribution in [-0.2, 0) is 6.18 Å². The van der Waals surface area contributed by atoms with Gasteiger partial charge in [0.05, 0.1) is 24.9 Å². The van der Waals surface area contributed by atoms with Crippen molar-refractivity contribution in [2.75, 3.05) is 19.1 Å². The molecule has 2 aliphatic heterocycles. The van der Waals surface area contributed by atoms with E-state index in [9.17, 15) is 22.7 Å². The van der Waals surface area contributed by atoms with E-state index in [0.29, 0.717) is 29.4 Å². The summed E-state index contributed by atoms with van der Waals surface area (Å²) in [5.74, 6) is -0.0330. The Labute approximate surface area is 204 Å². The number of benzene rings is 1. The quantitative estimate of drug-likeness (QED) is 0.504. The van der Waals surface area contributed by atoms with E-state index >= 15 is 0 Å². The van der Waals surface area contributed by atoms with Gasteiger partial charge < -0.3 is 20.1 Å². The van der Waals surface area contributed by atoms with Crippen LogP contribution in [0.25, 0.3) is 22.5 Å². The van der Waals surface area contributed by atoms with Crippen LogP contribution in [0.4, 0.5) is 23.4 Å². The summed E-state index contributed by atoms with van der Waals surface area (Å²) in [7, 11) is 2.90. The van der Waals surface area contributed by atoms with Crippen molar-refractivity contribution in [3.8, 4) is 34.0 Å². The molecule has 36 heavy (non-hydrogen) atoms. The maximum atomic E-state index is 14.9. The molecular weight excluding hydrogens is 480 g/mol. The van der Waals surface area contributed by atoms with E-state index in [0.717, 1.165) is 26.1 Å². The van der Waals surface area contributed by atoms with E-state index in [1.54, 1.807) is 18.0 Å². The summed E-state index contributed by atoms with van der Waals surface area (Å²) in [4.78, 5) is 9.55. The summed E-state index contributed by atoms with van der Waals surface area (Å²) in [5.41, 5.74) is -0.0880. The number of piperidine rings is 1. The molecule has 2 bridgehead atoms. The Balaban J connectivity index is 1.36. The second kappa shape index (κ2) is 9.16. The first-order chi connectivity index (χ1) is 17.2. The molecule has 0 unspecified atom stereocenters. The van der Waals surface area contributed by atoms with Crippen molar-refractivity contribution < 1.29 is 27.4 Å². The van der Waals surface area contributed by atoms with Crippen molar-refractivity contribution in [1.29, 1.82) is 0 Å². The summed E-state index contributed by atoms with van der Waals surface area (Å²) in [5, 5.41) is 22.2. The molecule has 2 aliphatic rings. The first kappa shape index (κ1) is 24.2. The monoisotopic (exact) mass is 504 g/mol. The molecule has 2 aromatic heterocycles. The Morgan fingerprint density at radius 2 is 1.89 bits per heavy atom. The fraction of sp³-hybridized carbons (Fsp3) is 0.417. The van der Waals surface area contributed by atoms with E-state index in [-0.39, 0.29) is 29.2 Å². The van der Waals surface area contributed by atoms with Crippen LogP contribution < -0.4 is 15.0 Å². The molecule has 2 N–H and O–H groups in total. The molecule has 2 saturated heterocycles. The Hall–Kier alpha value is -3.54. The fourth-order valence-electron chi connectivity index (χ4n) is 4.94. The predicted molar refractivity (Wildman–Crippen MR) is 123 cm³/mol. The first-order valence-electron chi connectivity index (χ1n) is 11.4. The predicted octanol–water partition coefficient (Wildman–Crippen LogP) is 4.00. The zero-order valence-corrected chi connectivity index (χ0v) is 19.5. The number of anilines is 1. The molecule has 0 saturated carbocycles. The van der Waals surface area contributed by atoms with Gasteiger partial charge in [0, 0.05) is 30.9 Å². The van der Waals surface area contributed by atoms with Crippen LogP contribution in [-0.4, -0.2) is 63.7 Å². The minimum absolute atomic E-state index is 0.147. The lowest BCUT2D eigenvalue weighted by atomic mass is 9.96. The second-order valence-corrected chi connectivity index (χ2v) is 9.05. The second-order valence-electron chi connectivity index (χ2n) is 9.05. The first-order valence-corrected chi connectivity index (χ1v) is 11.4. The van der Waals surface area contributed by atoms with Crippen molar-refractivity contribution in [1.82, 2.24) is 25.5 Å². The number of aromatic nitrogens is 4. The van der Waals surface area contributed by atoms with Gasteiger partial charge >= 0.3 is 6.18 Å². The standard InChI is InChI=1S/C24H24F4N6O2/c1-34(17-9-14-4-6-16(31-14)21(17)25)20-11-30-23(33-32-20)15-5-3-12(7-18(15)35)13-8-19(36-2)22(29-10-13)24(26,27)28/h3,5,7-8,10-11,14,16-17,21,31,35H,4,6,9H2,1-2H3/t14-,16-,17-,21+/m1/s1. The number of alkyl halides is 4. The molecule has 8 nitrogen and oxygen atoms in total. The van der Waals surface area contributed by atoms with Gasteiger partial charge in [-0.1, -0.05) is 6.07 Å². The molecular formula is C24H24F4N6O2. The average molecular weight is 504 g/mol. The molecule has 0 radical (unpaired) electrons. The maximum Gasteiger partial charge on any atom is 0.437 e.